The standard InChI is InChI=1S/C38H45Cl2N5O4/c1-5-49-32-24-28(38(2,3)4)10-15-31(32)36-41-34(26-6-11-29(39)12-7-26)35(27-8-13-30(40)14-9-27)45(36)37(47)44-18-16-42(17-19-44)25-33(46)43-20-22-48-23-21-43/h6-15,24,34-35H,5,16-23,25H2,1-4H3. The summed E-state index contributed by atoms with van der Waals surface area (Å²) in [4.78, 5) is 40.9. The van der Waals surface area contributed by atoms with E-state index >= 15 is 0 Å². The molecule has 0 aliphatic carbocycles. The molecule has 3 aliphatic rings. The third kappa shape index (κ3) is 7.91. The van der Waals surface area contributed by atoms with Gasteiger partial charge in [-0.3, -0.25) is 19.6 Å². The van der Waals surface area contributed by atoms with Crippen molar-refractivity contribution in [1.82, 2.24) is 19.6 Å². The van der Waals surface area contributed by atoms with E-state index in [9.17, 15) is 9.59 Å². The van der Waals surface area contributed by atoms with Crippen LogP contribution in [0.25, 0.3) is 0 Å². The molecule has 6 rings (SSSR count). The molecule has 2 unspecified atom stereocenters. The van der Waals surface area contributed by atoms with E-state index in [4.69, 9.17) is 37.7 Å². The zero-order chi connectivity index (χ0) is 34.7. The van der Waals surface area contributed by atoms with Crippen LogP contribution in [0.1, 0.15) is 62.0 Å². The molecule has 2 saturated heterocycles. The molecule has 49 heavy (non-hydrogen) atoms. The van der Waals surface area contributed by atoms with Crippen LogP contribution in [-0.4, -0.2) is 103 Å². The monoisotopic (exact) mass is 705 g/mol. The summed E-state index contributed by atoms with van der Waals surface area (Å²) >= 11 is 12.7. The average Bonchev–Trinajstić information content (AvgIpc) is 3.49. The highest BCUT2D eigenvalue weighted by molar-refractivity contribution is 6.30. The van der Waals surface area contributed by atoms with E-state index in [0.29, 0.717) is 87.3 Å². The van der Waals surface area contributed by atoms with Gasteiger partial charge in [0.05, 0.1) is 38.0 Å². The Morgan fingerprint density at radius 3 is 2.04 bits per heavy atom. The molecular weight excluding hydrogens is 661 g/mol. The van der Waals surface area contributed by atoms with E-state index in [1.165, 1.54) is 0 Å². The number of carbonyl (C=O) groups excluding carboxylic acids is 2. The topological polar surface area (TPSA) is 77.9 Å². The molecule has 0 aromatic heterocycles. The normalized spacial score (nSPS) is 20.4. The van der Waals surface area contributed by atoms with Crippen molar-refractivity contribution in [2.45, 2.75) is 45.2 Å². The van der Waals surface area contributed by atoms with E-state index in [2.05, 4.69) is 37.8 Å². The van der Waals surface area contributed by atoms with Crippen molar-refractivity contribution in [2.24, 2.45) is 4.99 Å². The Morgan fingerprint density at radius 1 is 0.837 bits per heavy atom. The molecule has 3 aliphatic heterocycles. The highest BCUT2D eigenvalue weighted by Gasteiger charge is 2.45. The van der Waals surface area contributed by atoms with Crippen LogP contribution >= 0.6 is 23.2 Å². The van der Waals surface area contributed by atoms with Crippen molar-refractivity contribution in [3.8, 4) is 5.75 Å². The van der Waals surface area contributed by atoms with E-state index < -0.39 is 12.1 Å². The van der Waals surface area contributed by atoms with Crippen LogP contribution in [0.5, 0.6) is 5.75 Å². The zero-order valence-electron chi connectivity index (χ0n) is 28.7. The highest BCUT2D eigenvalue weighted by atomic mass is 35.5. The maximum Gasteiger partial charge on any atom is 0.326 e. The summed E-state index contributed by atoms with van der Waals surface area (Å²) in [7, 11) is 0. The molecule has 0 radical (unpaired) electrons. The number of halogens is 2. The predicted octanol–water partition coefficient (Wildman–Crippen LogP) is 6.83. The number of amidine groups is 1. The Labute approximate surface area is 299 Å². The van der Waals surface area contributed by atoms with Crippen LogP contribution in [0.3, 0.4) is 0 Å². The van der Waals surface area contributed by atoms with Gasteiger partial charge in [0.1, 0.15) is 17.6 Å². The second kappa shape index (κ2) is 15.1. The number of amides is 3. The lowest BCUT2D eigenvalue weighted by atomic mass is 9.86. The van der Waals surface area contributed by atoms with Gasteiger partial charge in [-0.05, 0) is 65.4 Å². The number of rotatable bonds is 7. The smallest absolute Gasteiger partial charge is 0.326 e. The Hall–Kier alpha value is -3.63. The molecule has 0 spiro atoms. The van der Waals surface area contributed by atoms with Gasteiger partial charge in [-0.15, -0.1) is 0 Å². The van der Waals surface area contributed by atoms with E-state index in [-0.39, 0.29) is 17.4 Å². The third-order valence-corrected chi connectivity index (χ3v) is 9.95. The van der Waals surface area contributed by atoms with Crippen LogP contribution in [0.4, 0.5) is 4.79 Å². The van der Waals surface area contributed by atoms with Crippen LogP contribution in [0.2, 0.25) is 10.0 Å². The fourth-order valence-electron chi connectivity index (χ4n) is 6.66. The molecule has 2 atom stereocenters. The minimum Gasteiger partial charge on any atom is -0.493 e. The lowest BCUT2D eigenvalue weighted by Crippen LogP contribution is -2.56. The van der Waals surface area contributed by atoms with Crippen molar-refractivity contribution in [2.75, 3.05) is 65.6 Å². The summed E-state index contributed by atoms with van der Waals surface area (Å²) in [6.07, 6.45) is 0. The Bertz CT molecular complexity index is 1660. The maximum atomic E-state index is 14.9. The fourth-order valence-corrected chi connectivity index (χ4v) is 6.91. The number of piperazine rings is 1. The van der Waals surface area contributed by atoms with E-state index in [1.807, 2.05) is 76.2 Å². The van der Waals surface area contributed by atoms with Gasteiger partial charge in [-0.2, -0.15) is 0 Å². The number of aliphatic imine (C=N–C) groups is 1. The van der Waals surface area contributed by atoms with Gasteiger partial charge in [-0.25, -0.2) is 4.79 Å². The first kappa shape index (κ1) is 35.2. The number of ether oxygens (including phenoxy) is 2. The molecule has 11 heteroatoms. The Balaban J connectivity index is 1.37. The molecule has 9 nitrogen and oxygen atoms in total. The number of hydrogen-bond acceptors (Lipinski definition) is 6. The second-order valence-corrected chi connectivity index (χ2v) is 14.6. The zero-order valence-corrected chi connectivity index (χ0v) is 30.2. The van der Waals surface area contributed by atoms with Crippen molar-refractivity contribution < 1.29 is 19.1 Å². The molecule has 0 bridgehead atoms. The molecule has 2 fully saturated rings. The van der Waals surface area contributed by atoms with Crippen molar-refractivity contribution in [3.63, 3.8) is 0 Å². The van der Waals surface area contributed by atoms with Gasteiger partial charge >= 0.3 is 6.03 Å². The molecule has 3 aromatic rings. The third-order valence-electron chi connectivity index (χ3n) is 9.45. The first-order valence-electron chi connectivity index (χ1n) is 17.1. The van der Waals surface area contributed by atoms with Gasteiger partial charge in [0.2, 0.25) is 5.91 Å². The lowest BCUT2D eigenvalue weighted by molar-refractivity contribution is -0.136. The summed E-state index contributed by atoms with van der Waals surface area (Å²) in [5.74, 6) is 1.34. The molecule has 0 saturated carbocycles. The van der Waals surface area contributed by atoms with Crippen LogP contribution in [0.15, 0.2) is 71.7 Å². The van der Waals surface area contributed by atoms with Crippen molar-refractivity contribution >= 4 is 41.0 Å². The molecule has 3 amide bonds. The minimum absolute atomic E-state index is 0.0993. The van der Waals surface area contributed by atoms with E-state index in [1.54, 1.807) is 0 Å². The molecule has 0 N–H and O–H groups in total. The van der Waals surface area contributed by atoms with Gasteiger partial charge in [0, 0.05) is 49.3 Å². The van der Waals surface area contributed by atoms with Crippen molar-refractivity contribution in [3.05, 3.63) is 99.0 Å². The first-order chi connectivity index (χ1) is 23.5. The molecule has 3 heterocycles. The maximum absolute atomic E-state index is 14.9. The minimum atomic E-state index is -0.460. The van der Waals surface area contributed by atoms with Crippen LogP contribution in [0, 0.1) is 0 Å². The Morgan fingerprint density at radius 2 is 1.45 bits per heavy atom. The van der Waals surface area contributed by atoms with Crippen LogP contribution < -0.4 is 4.74 Å². The quantitative estimate of drug-likeness (QED) is 0.269. The Kier molecular flexibility index (Phi) is 10.8. The molecule has 260 valence electrons. The number of nitrogens with zero attached hydrogens (tertiary/aromatic N) is 5. The predicted molar refractivity (Wildman–Crippen MR) is 194 cm³/mol. The fraction of sp³-hybridized carbons (Fsp3) is 0.447. The molecule has 3 aromatic carbocycles. The summed E-state index contributed by atoms with van der Waals surface area (Å²) in [5.41, 5.74) is 3.64. The summed E-state index contributed by atoms with van der Waals surface area (Å²) in [6.45, 7) is 13.8. The van der Waals surface area contributed by atoms with Crippen LogP contribution in [-0.2, 0) is 14.9 Å². The second-order valence-electron chi connectivity index (χ2n) is 13.7. The summed E-state index contributed by atoms with van der Waals surface area (Å²) in [6, 6.07) is 20.5. The number of morpholine rings is 1. The van der Waals surface area contributed by atoms with Crippen molar-refractivity contribution in [1.29, 1.82) is 0 Å². The number of hydrogen-bond donors (Lipinski definition) is 0. The lowest BCUT2D eigenvalue weighted by Gasteiger charge is -2.39. The number of urea groups is 1. The van der Waals surface area contributed by atoms with Gasteiger partial charge in [-0.1, -0.05) is 74.3 Å². The first-order valence-corrected chi connectivity index (χ1v) is 17.8. The van der Waals surface area contributed by atoms with Gasteiger partial charge in [0.25, 0.3) is 0 Å². The molecular formula is C38H45Cl2N5O4. The SMILES string of the molecule is CCOc1cc(C(C)(C)C)ccc1C1=NC(c2ccc(Cl)cc2)C(c2ccc(Cl)cc2)N1C(=O)N1CCN(CC(=O)N2CCOCC2)CC1. The van der Waals surface area contributed by atoms with E-state index in [0.717, 1.165) is 22.3 Å². The largest absolute Gasteiger partial charge is 0.493 e. The van der Waals surface area contributed by atoms with Gasteiger partial charge in [0.15, 0.2) is 0 Å². The average molecular weight is 707 g/mol. The van der Waals surface area contributed by atoms with Gasteiger partial charge < -0.3 is 19.3 Å². The number of carbonyl (C=O) groups is 2. The summed E-state index contributed by atoms with van der Waals surface area (Å²) < 4.78 is 11.7. The summed E-state index contributed by atoms with van der Waals surface area (Å²) in [5, 5.41) is 1.24. The highest BCUT2D eigenvalue weighted by Crippen LogP contribution is 2.46. The number of benzene rings is 3.